The highest BCUT2D eigenvalue weighted by molar-refractivity contribution is 5.76. The molecule has 3 aliphatic rings. The molecule has 0 unspecified atom stereocenters. The average Bonchev–Trinajstić information content (AvgIpc) is 3.02. The number of benzene rings is 4. The van der Waals surface area contributed by atoms with Crippen LogP contribution in [0.3, 0.4) is 0 Å². The molecule has 0 fully saturated rings. The van der Waals surface area contributed by atoms with Crippen LogP contribution in [0.2, 0.25) is 0 Å². The van der Waals surface area contributed by atoms with Crippen LogP contribution >= 0.6 is 0 Å². The van der Waals surface area contributed by atoms with Crippen molar-refractivity contribution >= 4 is 11.9 Å². The second kappa shape index (κ2) is 10.6. The molecule has 0 N–H and O–H groups in total. The lowest BCUT2D eigenvalue weighted by Gasteiger charge is -2.48. The lowest BCUT2D eigenvalue weighted by molar-refractivity contribution is -0.149. The summed E-state index contributed by atoms with van der Waals surface area (Å²) in [7, 11) is 1.65. The number of hydrogen-bond donors (Lipinski definition) is 0. The predicted octanol–water partition coefficient (Wildman–Crippen LogP) is 7.08. The van der Waals surface area contributed by atoms with Gasteiger partial charge in [-0.25, -0.2) is 0 Å². The number of hydrogen-bond acceptors (Lipinski definition) is 8. The van der Waals surface area contributed by atoms with Gasteiger partial charge in [-0.05, 0) is 25.3 Å². The summed E-state index contributed by atoms with van der Waals surface area (Å²) in [5.74, 6) is 0.289. The SMILES string of the molecule is COc1cc2c(c3c1CC[C@@H](c1ccccc1)O3)[C@H]1C[C@](c3ccccc3)(Oc3cc(OC(C)=O)c(C)c(OC(C)=O)c31)O2. The van der Waals surface area contributed by atoms with E-state index < -0.39 is 17.7 Å². The van der Waals surface area contributed by atoms with Gasteiger partial charge in [-0.15, -0.1) is 0 Å². The van der Waals surface area contributed by atoms with Gasteiger partial charge in [-0.3, -0.25) is 9.59 Å². The maximum Gasteiger partial charge on any atom is 0.308 e. The normalized spacial score (nSPS) is 20.8. The smallest absolute Gasteiger partial charge is 0.308 e. The van der Waals surface area contributed by atoms with Crippen molar-refractivity contribution in [1.82, 2.24) is 0 Å². The van der Waals surface area contributed by atoms with Crippen molar-refractivity contribution in [3.05, 3.63) is 106 Å². The van der Waals surface area contributed by atoms with Gasteiger partial charge in [-0.2, -0.15) is 0 Å². The van der Waals surface area contributed by atoms with Gasteiger partial charge < -0.3 is 28.4 Å². The molecule has 3 heterocycles. The number of methoxy groups -OCH3 is 1. The topological polar surface area (TPSA) is 89.5 Å². The Morgan fingerprint density at radius 1 is 0.841 bits per heavy atom. The molecular weight excluding hydrogens is 560 g/mol. The molecule has 4 aromatic rings. The summed E-state index contributed by atoms with van der Waals surface area (Å²) in [6.07, 6.45) is 1.75. The molecule has 224 valence electrons. The van der Waals surface area contributed by atoms with Gasteiger partial charge in [0.25, 0.3) is 5.79 Å². The minimum atomic E-state index is -1.23. The van der Waals surface area contributed by atoms with Crippen molar-refractivity contribution in [1.29, 1.82) is 0 Å². The largest absolute Gasteiger partial charge is 0.496 e. The molecule has 0 aliphatic carbocycles. The number of rotatable bonds is 5. The van der Waals surface area contributed by atoms with E-state index in [9.17, 15) is 9.59 Å². The fourth-order valence-corrected chi connectivity index (χ4v) is 6.70. The van der Waals surface area contributed by atoms with E-state index in [4.69, 9.17) is 28.4 Å². The minimum Gasteiger partial charge on any atom is -0.496 e. The van der Waals surface area contributed by atoms with Crippen molar-refractivity contribution in [2.45, 2.75) is 57.8 Å². The van der Waals surface area contributed by atoms with Crippen LogP contribution in [0.4, 0.5) is 0 Å². The summed E-state index contributed by atoms with van der Waals surface area (Å²) in [5.41, 5.74) is 4.88. The predicted molar refractivity (Wildman–Crippen MR) is 161 cm³/mol. The fourth-order valence-electron chi connectivity index (χ4n) is 6.70. The fraction of sp³-hybridized carbons (Fsp3) is 0.278. The Balaban J connectivity index is 1.50. The first-order valence-corrected chi connectivity index (χ1v) is 14.7. The molecule has 0 aromatic heterocycles. The van der Waals surface area contributed by atoms with Gasteiger partial charge in [0.15, 0.2) is 0 Å². The summed E-state index contributed by atoms with van der Waals surface area (Å²) in [6, 6.07) is 23.5. The second-order valence-corrected chi connectivity index (χ2v) is 11.4. The Kier molecular flexibility index (Phi) is 6.72. The molecule has 0 spiro atoms. The summed E-state index contributed by atoms with van der Waals surface area (Å²) >= 11 is 0. The third-order valence-corrected chi connectivity index (χ3v) is 8.57. The molecular formula is C36H32O8. The van der Waals surface area contributed by atoms with Crippen molar-refractivity contribution in [3.63, 3.8) is 0 Å². The van der Waals surface area contributed by atoms with Gasteiger partial charge in [0.1, 0.15) is 40.6 Å². The van der Waals surface area contributed by atoms with Gasteiger partial charge in [-0.1, -0.05) is 60.7 Å². The molecule has 0 saturated heterocycles. The number of carbonyl (C=O) groups excluding carboxylic acids is 2. The highest BCUT2D eigenvalue weighted by Crippen LogP contribution is 2.62. The van der Waals surface area contributed by atoms with E-state index in [1.54, 1.807) is 20.1 Å². The van der Waals surface area contributed by atoms with Crippen LogP contribution < -0.4 is 28.4 Å². The van der Waals surface area contributed by atoms with Crippen molar-refractivity contribution in [3.8, 4) is 34.5 Å². The van der Waals surface area contributed by atoms with Gasteiger partial charge in [0.2, 0.25) is 0 Å². The first-order valence-electron chi connectivity index (χ1n) is 14.7. The first kappa shape index (κ1) is 27.8. The van der Waals surface area contributed by atoms with Crippen molar-refractivity contribution < 1.29 is 38.0 Å². The van der Waals surface area contributed by atoms with Gasteiger partial charge in [0, 0.05) is 66.1 Å². The minimum absolute atomic E-state index is 0.166. The molecule has 8 heteroatoms. The maximum atomic E-state index is 12.5. The zero-order chi connectivity index (χ0) is 30.6. The average molecular weight is 593 g/mol. The second-order valence-electron chi connectivity index (χ2n) is 11.4. The highest BCUT2D eigenvalue weighted by Gasteiger charge is 2.53. The number of fused-ring (bicyclic) bond motifs is 8. The van der Waals surface area contributed by atoms with E-state index in [2.05, 4.69) is 12.1 Å². The number of ether oxygens (including phenoxy) is 6. The summed E-state index contributed by atoms with van der Waals surface area (Å²) in [5, 5.41) is 0. The quantitative estimate of drug-likeness (QED) is 0.179. The Bertz CT molecular complexity index is 1780. The van der Waals surface area contributed by atoms with Crippen molar-refractivity contribution in [2.75, 3.05) is 7.11 Å². The van der Waals surface area contributed by atoms with E-state index in [1.165, 1.54) is 13.8 Å². The van der Waals surface area contributed by atoms with Gasteiger partial charge >= 0.3 is 11.9 Å². The molecule has 4 aromatic carbocycles. The molecule has 7 rings (SSSR count). The lowest BCUT2D eigenvalue weighted by Crippen LogP contribution is -2.47. The van der Waals surface area contributed by atoms with Crippen LogP contribution in [0.5, 0.6) is 34.5 Å². The van der Waals surface area contributed by atoms with Crippen LogP contribution in [0.25, 0.3) is 0 Å². The van der Waals surface area contributed by atoms with E-state index in [0.29, 0.717) is 46.3 Å². The van der Waals surface area contributed by atoms with Crippen LogP contribution in [0, 0.1) is 6.92 Å². The van der Waals surface area contributed by atoms with E-state index >= 15 is 0 Å². The third-order valence-electron chi connectivity index (χ3n) is 8.57. The molecule has 0 saturated carbocycles. The monoisotopic (exact) mass is 592 g/mol. The van der Waals surface area contributed by atoms with E-state index in [0.717, 1.165) is 35.1 Å². The van der Waals surface area contributed by atoms with E-state index in [1.807, 2.05) is 54.6 Å². The Labute approximate surface area is 255 Å². The summed E-state index contributed by atoms with van der Waals surface area (Å²) in [4.78, 5) is 24.5. The number of carbonyl (C=O) groups is 2. The molecule has 8 nitrogen and oxygen atoms in total. The van der Waals surface area contributed by atoms with E-state index in [-0.39, 0.29) is 17.8 Å². The summed E-state index contributed by atoms with van der Waals surface area (Å²) in [6.45, 7) is 4.44. The summed E-state index contributed by atoms with van der Waals surface area (Å²) < 4.78 is 37.8. The molecule has 0 radical (unpaired) electrons. The molecule has 3 atom stereocenters. The molecule has 44 heavy (non-hydrogen) atoms. The standard InChI is InChI=1S/C36H32O8/c1-20-28(40-21(2)37)17-30-32(34(20)41-22(3)38)26-19-36(43-30,24-13-9-6-10-14-24)44-31-18-29(39-4)25-15-16-27(42-35(25)33(26)31)23-11-7-5-8-12-23/h5-14,17-18,26-27H,15-16,19H2,1-4H3/t26-,27-,36-/m0/s1. The first-order chi connectivity index (χ1) is 21.3. The van der Waals surface area contributed by atoms with Crippen LogP contribution in [0.1, 0.15) is 72.1 Å². The Hall–Kier alpha value is -4.98. The van der Waals surface area contributed by atoms with Gasteiger partial charge in [0.05, 0.1) is 7.11 Å². The zero-order valence-corrected chi connectivity index (χ0v) is 25.0. The lowest BCUT2D eigenvalue weighted by atomic mass is 9.76. The number of esters is 2. The van der Waals surface area contributed by atoms with Crippen LogP contribution in [-0.2, 0) is 21.8 Å². The molecule has 0 amide bonds. The zero-order valence-electron chi connectivity index (χ0n) is 25.0. The Morgan fingerprint density at radius 3 is 2.14 bits per heavy atom. The molecule has 3 aliphatic heterocycles. The highest BCUT2D eigenvalue weighted by atomic mass is 16.7. The van der Waals surface area contributed by atoms with Crippen LogP contribution in [0.15, 0.2) is 72.8 Å². The van der Waals surface area contributed by atoms with Crippen molar-refractivity contribution in [2.24, 2.45) is 0 Å². The third kappa shape index (κ3) is 4.53. The Morgan fingerprint density at radius 2 is 1.48 bits per heavy atom. The molecule has 2 bridgehead atoms. The maximum absolute atomic E-state index is 12.5. The van der Waals surface area contributed by atoms with Crippen LogP contribution in [-0.4, -0.2) is 19.0 Å².